The average Bonchev–Trinajstić information content (AvgIpc) is 2.16. The van der Waals surface area contributed by atoms with E-state index in [1.807, 2.05) is 0 Å². The molecule has 6 heteroatoms. The Balaban J connectivity index is 2.73. The first kappa shape index (κ1) is 10.5. The van der Waals surface area contributed by atoms with Crippen LogP contribution in [0.4, 0.5) is 4.79 Å². The van der Waals surface area contributed by atoms with Crippen LogP contribution in [0.3, 0.4) is 0 Å². The van der Waals surface area contributed by atoms with E-state index >= 15 is 0 Å². The molecule has 0 radical (unpaired) electrons. The molecule has 1 aliphatic rings. The fourth-order valence-corrected chi connectivity index (χ4v) is 2.09. The van der Waals surface area contributed by atoms with Crippen molar-refractivity contribution in [3.05, 3.63) is 22.9 Å². The van der Waals surface area contributed by atoms with Crippen LogP contribution in [-0.4, -0.2) is 24.1 Å². The molecular weight excluding hydrogens is 202 g/mol. The van der Waals surface area contributed by atoms with E-state index < -0.39 is 16.6 Å². The van der Waals surface area contributed by atoms with Crippen molar-refractivity contribution in [3.8, 4) is 0 Å². The molecule has 0 saturated carbocycles. The Labute approximate surface area is 84.1 Å². The minimum atomic E-state index is -0.804. The molecule has 0 aromatic carbocycles. The van der Waals surface area contributed by atoms with Gasteiger partial charge in [-0.25, -0.2) is 4.79 Å². The number of hydrogen-bond acceptors (Lipinski definition) is 4. The van der Waals surface area contributed by atoms with Crippen molar-refractivity contribution in [2.24, 2.45) is 16.5 Å². The maximum Gasteiger partial charge on any atom is 0.405 e. The van der Waals surface area contributed by atoms with Crippen LogP contribution in [0.1, 0.15) is 0 Å². The van der Waals surface area contributed by atoms with Gasteiger partial charge in [-0.2, -0.15) is 0 Å². The number of hydrogen-bond donors (Lipinski definition) is 2. The molecule has 0 aliphatic carbocycles. The summed E-state index contributed by atoms with van der Waals surface area (Å²) in [5.74, 6) is 0.157. The van der Waals surface area contributed by atoms with Crippen LogP contribution in [0.5, 0.6) is 0 Å². The molecule has 1 rings (SSSR count). The Hall–Kier alpha value is -1.56. The van der Waals surface area contributed by atoms with Crippen LogP contribution in [0.2, 0.25) is 0 Å². The van der Waals surface area contributed by atoms with Crippen LogP contribution < -0.4 is 11.5 Å². The summed E-state index contributed by atoms with van der Waals surface area (Å²) in [5, 5.41) is 2.43. The van der Waals surface area contributed by atoms with Gasteiger partial charge in [0, 0.05) is 0 Å². The van der Waals surface area contributed by atoms with Gasteiger partial charge >= 0.3 is 6.09 Å². The number of primary amides is 1. The van der Waals surface area contributed by atoms with Gasteiger partial charge in [0.05, 0.1) is 10.7 Å². The molecule has 0 saturated heterocycles. The third kappa shape index (κ3) is 2.74. The lowest BCUT2D eigenvalue weighted by Crippen LogP contribution is -2.14. The number of rotatable bonds is 3. The topological polar surface area (TPSA) is 90.7 Å². The average molecular weight is 213 g/mol. The molecule has 1 aliphatic heterocycles. The second-order valence-corrected chi connectivity index (χ2v) is 4.25. The molecule has 0 fully saturated rings. The molecule has 1 atom stereocenters. The molecule has 1 amide bonds. The molecule has 1 unspecified atom stereocenters. The van der Waals surface area contributed by atoms with Crippen molar-refractivity contribution in [1.82, 2.24) is 0 Å². The van der Waals surface area contributed by atoms with Gasteiger partial charge in [-0.1, -0.05) is 10.5 Å². The number of carbonyl (C=O) groups excluding carboxylic acids is 1. The summed E-state index contributed by atoms with van der Waals surface area (Å²) in [4.78, 5) is 14.1. The van der Waals surface area contributed by atoms with Crippen molar-refractivity contribution in [2.45, 2.75) is 0 Å². The highest BCUT2D eigenvalue weighted by atomic mass is 32.2. The lowest BCUT2D eigenvalue weighted by atomic mass is 10.4. The van der Waals surface area contributed by atoms with Crippen LogP contribution in [0.25, 0.3) is 0 Å². The molecule has 14 heavy (non-hydrogen) atoms. The summed E-state index contributed by atoms with van der Waals surface area (Å²) in [6.45, 7) is 3.39. The quantitative estimate of drug-likeness (QED) is 0.528. The molecule has 1 heterocycles. The van der Waals surface area contributed by atoms with Crippen molar-refractivity contribution in [1.29, 1.82) is 0 Å². The van der Waals surface area contributed by atoms with Crippen molar-refractivity contribution in [3.63, 3.8) is 0 Å². The summed E-state index contributed by atoms with van der Waals surface area (Å²) >= 11 is 0. The lowest BCUT2D eigenvalue weighted by molar-refractivity contribution is 0.177. The number of nitrogens with two attached hydrogens (primary N) is 2. The molecular formula is C8H11N3O2S. The molecule has 76 valence electrons. The lowest BCUT2D eigenvalue weighted by Gasteiger charge is -2.12. The number of ether oxygens (including phenoxy) is 1. The van der Waals surface area contributed by atoms with Crippen LogP contribution >= 0.6 is 10.5 Å². The minimum Gasteiger partial charge on any atom is -0.439 e. The maximum atomic E-state index is 10.4. The van der Waals surface area contributed by atoms with Gasteiger partial charge in [-0.15, -0.1) is 0 Å². The Morgan fingerprint density at radius 2 is 2.36 bits per heavy atom. The van der Waals surface area contributed by atoms with Crippen molar-refractivity contribution < 1.29 is 9.53 Å². The first-order valence-corrected chi connectivity index (χ1v) is 5.20. The van der Waals surface area contributed by atoms with Crippen LogP contribution in [-0.2, 0) is 4.74 Å². The fraction of sp³-hybridized carbons (Fsp3) is 0.125. The van der Waals surface area contributed by atoms with Gasteiger partial charge in [-0.05, 0) is 24.2 Å². The largest absolute Gasteiger partial charge is 0.439 e. The Kier molecular flexibility index (Phi) is 3.47. The third-order valence-electron chi connectivity index (χ3n) is 1.49. The van der Waals surface area contributed by atoms with E-state index in [0.29, 0.717) is 5.03 Å². The molecule has 4 N–H and O–H groups in total. The number of carbonyl (C=O) groups is 1. The van der Waals surface area contributed by atoms with Gasteiger partial charge in [0.15, 0.2) is 0 Å². The van der Waals surface area contributed by atoms with Gasteiger partial charge in [-0.3, -0.25) is 4.99 Å². The van der Waals surface area contributed by atoms with Crippen LogP contribution in [0.15, 0.2) is 27.9 Å². The van der Waals surface area contributed by atoms with E-state index in [0.717, 1.165) is 5.70 Å². The fourth-order valence-electron chi connectivity index (χ4n) is 0.822. The van der Waals surface area contributed by atoms with Gasteiger partial charge < -0.3 is 16.2 Å². The zero-order chi connectivity index (χ0) is 10.6. The number of aliphatic imine (C=N–C) groups is 1. The molecule has 0 aromatic rings. The van der Waals surface area contributed by atoms with E-state index in [-0.39, 0.29) is 5.94 Å². The Bertz CT molecular complexity index is 358. The predicted octanol–water partition coefficient (Wildman–Crippen LogP) is 0.509. The Morgan fingerprint density at radius 3 is 2.93 bits per heavy atom. The second-order valence-electron chi connectivity index (χ2n) is 2.45. The summed E-state index contributed by atoms with van der Waals surface area (Å²) < 4.78 is 4.65. The molecule has 0 aromatic heterocycles. The summed E-state index contributed by atoms with van der Waals surface area (Å²) in [6.07, 6.45) is 2.66. The minimum absolute atomic E-state index is 0.157. The SMILES string of the molecule is C=NC1=CC=C(N)S(COC(N)=O)=C1. The maximum absolute atomic E-state index is 10.4. The van der Waals surface area contributed by atoms with Crippen molar-refractivity contribution >= 4 is 28.7 Å². The predicted molar refractivity (Wildman–Crippen MR) is 59.1 cm³/mol. The normalized spacial score (nSPS) is 20.1. The first-order chi connectivity index (χ1) is 6.63. The van der Waals surface area contributed by atoms with E-state index in [1.165, 1.54) is 0 Å². The van der Waals surface area contributed by atoms with Gasteiger partial charge in [0.25, 0.3) is 0 Å². The zero-order valence-corrected chi connectivity index (χ0v) is 8.29. The third-order valence-corrected chi connectivity index (χ3v) is 3.13. The summed E-state index contributed by atoms with van der Waals surface area (Å²) in [6, 6.07) is 0. The Morgan fingerprint density at radius 1 is 1.64 bits per heavy atom. The number of nitrogens with zero attached hydrogens (tertiary/aromatic N) is 1. The first-order valence-electron chi connectivity index (χ1n) is 3.74. The monoisotopic (exact) mass is 213 g/mol. The highest BCUT2D eigenvalue weighted by molar-refractivity contribution is 8.18. The van der Waals surface area contributed by atoms with E-state index in [4.69, 9.17) is 11.5 Å². The highest BCUT2D eigenvalue weighted by Crippen LogP contribution is 2.25. The van der Waals surface area contributed by atoms with Gasteiger partial charge in [0.1, 0.15) is 5.94 Å². The van der Waals surface area contributed by atoms with Crippen LogP contribution in [0, 0.1) is 0 Å². The molecule has 0 bridgehead atoms. The smallest absolute Gasteiger partial charge is 0.405 e. The number of allylic oxidation sites excluding steroid dienone is 3. The molecule has 5 nitrogen and oxygen atoms in total. The van der Waals surface area contributed by atoms with Gasteiger partial charge in [0.2, 0.25) is 0 Å². The number of amides is 1. The summed E-state index contributed by atoms with van der Waals surface area (Å²) in [7, 11) is -0.451. The second kappa shape index (κ2) is 4.61. The standard InChI is InChI=1S/C8H11N3O2S/c1-11-6-2-3-7(9)14(4-6)5-13-8(10)12/h2-4H,1,5,9H2,(H2,10,12). The zero-order valence-electron chi connectivity index (χ0n) is 7.47. The van der Waals surface area contributed by atoms with E-state index in [1.54, 1.807) is 17.5 Å². The van der Waals surface area contributed by atoms with E-state index in [2.05, 4.69) is 16.4 Å². The highest BCUT2D eigenvalue weighted by Gasteiger charge is 2.06. The summed E-state index contributed by atoms with van der Waals surface area (Å²) in [5.41, 5.74) is 11.2. The molecule has 0 spiro atoms. The van der Waals surface area contributed by atoms with Crippen molar-refractivity contribution in [2.75, 3.05) is 5.94 Å². The van der Waals surface area contributed by atoms with E-state index in [9.17, 15) is 4.79 Å².